The highest BCUT2D eigenvalue weighted by Crippen LogP contribution is 2.58. The van der Waals surface area contributed by atoms with Gasteiger partial charge in [-0.3, -0.25) is 0 Å². The summed E-state index contributed by atoms with van der Waals surface area (Å²) >= 11 is 0. The van der Waals surface area contributed by atoms with E-state index in [-0.39, 0.29) is 0 Å². The first-order chi connectivity index (χ1) is 8.59. The lowest BCUT2D eigenvalue weighted by Gasteiger charge is -2.23. The van der Waals surface area contributed by atoms with Gasteiger partial charge >= 0.3 is 0 Å². The molecule has 0 radical (unpaired) electrons. The van der Waals surface area contributed by atoms with Crippen molar-refractivity contribution in [1.29, 1.82) is 0 Å². The van der Waals surface area contributed by atoms with Gasteiger partial charge in [0, 0.05) is 34.1 Å². The van der Waals surface area contributed by atoms with Crippen LogP contribution in [-0.2, 0) is 6.42 Å². The number of benzene rings is 1. The summed E-state index contributed by atoms with van der Waals surface area (Å²) in [7, 11) is 8.24. The van der Waals surface area contributed by atoms with Crippen molar-refractivity contribution in [1.82, 2.24) is 9.80 Å². The molecule has 0 N–H and O–H groups in total. The number of hydrogen-bond acceptors (Lipinski definition) is 1. The molecule has 3 unspecified atom stereocenters. The lowest BCUT2D eigenvalue weighted by Crippen LogP contribution is -2.35. The summed E-state index contributed by atoms with van der Waals surface area (Å²) in [6.07, 6.45) is 1.21. The van der Waals surface area contributed by atoms with E-state index >= 15 is 0 Å². The van der Waals surface area contributed by atoms with Crippen LogP contribution in [0.3, 0.4) is 0 Å². The van der Waals surface area contributed by atoms with E-state index in [1.165, 1.54) is 17.5 Å². The molecule has 0 heterocycles. The van der Waals surface area contributed by atoms with Crippen molar-refractivity contribution in [3.63, 3.8) is 0 Å². The fourth-order valence-electron chi connectivity index (χ4n) is 3.26. The van der Waals surface area contributed by atoms with Crippen LogP contribution in [-0.4, -0.2) is 50.0 Å². The summed E-state index contributed by atoms with van der Waals surface area (Å²) in [6.45, 7) is 0. The van der Waals surface area contributed by atoms with Crippen molar-refractivity contribution >= 4 is 5.96 Å². The van der Waals surface area contributed by atoms with Crippen LogP contribution in [0.25, 0.3) is 0 Å². The largest absolute Gasteiger partial charge is 0.349 e. The van der Waals surface area contributed by atoms with E-state index in [0.717, 1.165) is 11.9 Å². The Morgan fingerprint density at radius 3 is 2.44 bits per heavy atom. The number of rotatable bonds is 1. The topological polar surface area (TPSA) is 18.8 Å². The quantitative estimate of drug-likeness (QED) is 0.553. The first-order valence-electron chi connectivity index (χ1n) is 6.60. The summed E-state index contributed by atoms with van der Waals surface area (Å²) in [4.78, 5) is 9.13. The van der Waals surface area contributed by atoms with Crippen molar-refractivity contribution in [2.24, 2.45) is 10.9 Å². The Bertz CT molecular complexity index is 480. The minimum absolute atomic E-state index is 0.500. The molecule has 3 nitrogen and oxygen atoms in total. The Morgan fingerprint density at radius 2 is 1.78 bits per heavy atom. The van der Waals surface area contributed by atoms with Crippen molar-refractivity contribution < 1.29 is 0 Å². The number of hydrogen-bond donors (Lipinski definition) is 0. The molecule has 1 fully saturated rings. The van der Waals surface area contributed by atoms with Gasteiger partial charge in [-0.25, -0.2) is 4.99 Å². The van der Waals surface area contributed by atoms with Gasteiger partial charge in [0.15, 0.2) is 5.96 Å². The second-order valence-corrected chi connectivity index (χ2v) is 5.80. The number of nitrogens with zero attached hydrogens (tertiary/aromatic N) is 3. The van der Waals surface area contributed by atoms with Gasteiger partial charge in [0.05, 0.1) is 6.04 Å². The van der Waals surface area contributed by atoms with Gasteiger partial charge in [-0.2, -0.15) is 0 Å². The average Bonchev–Trinajstić information content (AvgIpc) is 2.84. The van der Waals surface area contributed by atoms with Crippen LogP contribution in [0.4, 0.5) is 0 Å². The highest BCUT2D eigenvalue weighted by molar-refractivity contribution is 5.79. The molecule has 3 heteroatoms. The van der Waals surface area contributed by atoms with E-state index in [2.05, 4.69) is 62.3 Å². The summed E-state index contributed by atoms with van der Waals surface area (Å²) in [5, 5.41) is 0. The molecular formula is C15H21N3. The first-order valence-corrected chi connectivity index (χ1v) is 6.60. The molecule has 0 aliphatic heterocycles. The third kappa shape index (κ3) is 1.69. The molecule has 2 aliphatic carbocycles. The SMILES string of the molecule is CN(C)C(=NC1C2Cc3ccccc3C21)N(C)C. The lowest BCUT2D eigenvalue weighted by atomic mass is 10.1. The maximum Gasteiger partial charge on any atom is 0.195 e. The van der Waals surface area contributed by atoms with E-state index in [9.17, 15) is 0 Å². The Balaban J connectivity index is 1.82. The summed E-state index contributed by atoms with van der Waals surface area (Å²) in [6, 6.07) is 9.34. The zero-order valence-corrected chi connectivity index (χ0v) is 11.6. The van der Waals surface area contributed by atoms with Crippen molar-refractivity contribution in [2.75, 3.05) is 28.2 Å². The molecule has 0 saturated heterocycles. The van der Waals surface area contributed by atoms with E-state index in [0.29, 0.717) is 12.0 Å². The molecule has 3 rings (SSSR count). The lowest BCUT2D eigenvalue weighted by molar-refractivity contribution is 0.477. The van der Waals surface area contributed by atoms with Crippen molar-refractivity contribution in [3.8, 4) is 0 Å². The average molecular weight is 243 g/mol. The molecule has 0 amide bonds. The number of fused-ring (bicyclic) bond motifs is 3. The van der Waals surface area contributed by atoms with Gasteiger partial charge in [-0.1, -0.05) is 24.3 Å². The van der Waals surface area contributed by atoms with Gasteiger partial charge < -0.3 is 9.80 Å². The van der Waals surface area contributed by atoms with E-state index in [1.54, 1.807) is 0 Å². The fraction of sp³-hybridized carbons (Fsp3) is 0.533. The highest BCUT2D eigenvalue weighted by Gasteiger charge is 2.56. The molecule has 0 aromatic heterocycles. The van der Waals surface area contributed by atoms with Crippen LogP contribution in [0.5, 0.6) is 0 Å². The van der Waals surface area contributed by atoms with Gasteiger partial charge in [-0.15, -0.1) is 0 Å². The monoisotopic (exact) mass is 243 g/mol. The molecule has 18 heavy (non-hydrogen) atoms. The van der Waals surface area contributed by atoms with E-state index in [1.807, 2.05) is 0 Å². The standard InChI is InChI=1S/C15H21N3/c1-17(2)15(18(3)4)16-14-12-9-10-7-5-6-8-11(10)13(12)14/h5-8,12-14H,9H2,1-4H3. The molecule has 1 aromatic rings. The van der Waals surface area contributed by atoms with Crippen molar-refractivity contribution in [2.45, 2.75) is 18.4 Å². The van der Waals surface area contributed by atoms with E-state index in [4.69, 9.17) is 4.99 Å². The van der Waals surface area contributed by atoms with Crippen LogP contribution in [0, 0.1) is 5.92 Å². The van der Waals surface area contributed by atoms with Gasteiger partial charge in [0.25, 0.3) is 0 Å². The Kier molecular flexibility index (Phi) is 2.58. The smallest absolute Gasteiger partial charge is 0.195 e. The van der Waals surface area contributed by atoms with Crippen LogP contribution >= 0.6 is 0 Å². The second-order valence-electron chi connectivity index (χ2n) is 5.80. The minimum atomic E-state index is 0.500. The Hall–Kier alpha value is -1.51. The third-order valence-electron chi connectivity index (χ3n) is 4.06. The molecule has 1 aromatic carbocycles. The molecule has 0 bridgehead atoms. The predicted octanol–water partition coefficient (Wildman–Crippen LogP) is 1.80. The predicted molar refractivity (Wildman–Crippen MR) is 75.0 cm³/mol. The molecular weight excluding hydrogens is 222 g/mol. The van der Waals surface area contributed by atoms with E-state index < -0.39 is 0 Å². The maximum atomic E-state index is 4.94. The molecule has 0 spiro atoms. The second kappa shape index (κ2) is 4.01. The first kappa shape index (κ1) is 11.6. The van der Waals surface area contributed by atoms with Crippen LogP contribution in [0.1, 0.15) is 17.0 Å². The zero-order valence-electron chi connectivity index (χ0n) is 11.6. The number of aliphatic imine (C=N–C) groups is 1. The molecule has 2 aliphatic rings. The van der Waals surface area contributed by atoms with Crippen LogP contribution in [0.2, 0.25) is 0 Å². The van der Waals surface area contributed by atoms with Gasteiger partial charge in [0.1, 0.15) is 0 Å². The Morgan fingerprint density at radius 1 is 1.11 bits per heavy atom. The fourth-order valence-corrected chi connectivity index (χ4v) is 3.26. The van der Waals surface area contributed by atoms with Gasteiger partial charge in [-0.05, 0) is 23.5 Å². The maximum absolute atomic E-state index is 4.94. The van der Waals surface area contributed by atoms with Crippen LogP contribution < -0.4 is 0 Å². The Labute approximate surface area is 109 Å². The third-order valence-corrected chi connectivity index (χ3v) is 4.06. The van der Waals surface area contributed by atoms with Crippen LogP contribution in [0.15, 0.2) is 29.3 Å². The normalized spacial score (nSPS) is 27.2. The molecule has 3 atom stereocenters. The van der Waals surface area contributed by atoms with Crippen molar-refractivity contribution in [3.05, 3.63) is 35.4 Å². The molecule has 1 saturated carbocycles. The summed E-state index contributed by atoms with van der Waals surface area (Å²) in [5.41, 5.74) is 3.07. The number of guanidine groups is 1. The summed E-state index contributed by atoms with van der Waals surface area (Å²) < 4.78 is 0. The van der Waals surface area contributed by atoms with Gasteiger partial charge in [0.2, 0.25) is 0 Å². The minimum Gasteiger partial charge on any atom is -0.349 e. The zero-order chi connectivity index (χ0) is 12.9. The highest BCUT2D eigenvalue weighted by atomic mass is 15.3. The molecule has 96 valence electrons. The summed E-state index contributed by atoms with van der Waals surface area (Å²) in [5.74, 6) is 2.50.